The molecule has 0 fully saturated rings. The first-order valence-corrected chi connectivity index (χ1v) is 8.47. The molecule has 0 heterocycles. The van der Waals surface area contributed by atoms with Crippen LogP contribution in [0.3, 0.4) is 0 Å². The molecule has 1 aromatic rings. The summed E-state index contributed by atoms with van der Waals surface area (Å²) in [4.78, 5) is 22.7. The highest BCUT2D eigenvalue weighted by Gasteiger charge is 2.12. The number of amides is 1. The number of halogens is 2. The van der Waals surface area contributed by atoms with Crippen molar-refractivity contribution in [2.45, 2.75) is 32.6 Å². The third kappa shape index (κ3) is 6.61. The van der Waals surface area contributed by atoms with E-state index in [0.717, 1.165) is 21.8 Å². The van der Waals surface area contributed by atoms with Crippen LogP contribution in [0.5, 0.6) is 0 Å². The molecule has 4 nitrogen and oxygen atoms in total. The molecule has 2 N–H and O–H groups in total. The van der Waals surface area contributed by atoms with Gasteiger partial charge in [0, 0.05) is 21.9 Å². The van der Waals surface area contributed by atoms with Crippen molar-refractivity contribution in [1.29, 1.82) is 0 Å². The molecule has 1 aromatic carbocycles. The van der Waals surface area contributed by atoms with Crippen molar-refractivity contribution in [2.24, 2.45) is 5.92 Å². The lowest BCUT2D eigenvalue weighted by Gasteiger charge is -2.14. The molecule has 1 amide bonds. The smallest absolute Gasteiger partial charge is 0.303 e. The number of carbonyl (C=O) groups is 2. The summed E-state index contributed by atoms with van der Waals surface area (Å²) >= 11 is 6.70. The van der Waals surface area contributed by atoms with Crippen LogP contribution in [0, 0.1) is 5.92 Å². The molecule has 1 atom stereocenters. The standard InChI is InChI=1S/C15H19Br2NO3/c1-2-10(3-6-14(19)20)7-8-18-15(21)12-9-11(16)4-5-13(12)17/h4-5,9-10H,2-3,6-8H2,1H3,(H,18,21)(H,19,20). The fraction of sp³-hybridized carbons (Fsp3) is 0.467. The topological polar surface area (TPSA) is 66.4 Å². The van der Waals surface area contributed by atoms with Gasteiger partial charge in [0.2, 0.25) is 0 Å². The molecule has 0 saturated heterocycles. The van der Waals surface area contributed by atoms with Gasteiger partial charge >= 0.3 is 5.97 Å². The Labute approximate surface area is 141 Å². The molecule has 0 aromatic heterocycles. The maximum atomic E-state index is 12.1. The van der Waals surface area contributed by atoms with Crippen molar-refractivity contribution in [3.63, 3.8) is 0 Å². The van der Waals surface area contributed by atoms with E-state index >= 15 is 0 Å². The zero-order valence-corrected chi connectivity index (χ0v) is 15.0. The SMILES string of the molecule is CCC(CCNC(=O)c1cc(Br)ccc1Br)CCC(=O)O. The van der Waals surface area contributed by atoms with Gasteiger partial charge in [-0.3, -0.25) is 9.59 Å². The lowest BCUT2D eigenvalue weighted by atomic mass is 9.96. The Balaban J connectivity index is 2.45. The molecule has 0 saturated carbocycles. The monoisotopic (exact) mass is 419 g/mol. The number of carboxylic acid groups (broad SMARTS) is 1. The van der Waals surface area contributed by atoms with Gasteiger partial charge in [-0.15, -0.1) is 0 Å². The first kappa shape index (κ1) is 18.2. The zero-order valence-electron chi connectivity index (χ0n) is 11.9. The van der Waals surface area contributed by atoms with E-state index in [4.69, 9.17) is 5.11 Å². The predicted octanol–water partition coefficient (Wildman–Crippen LogP) is 4.22. The van der Waals surface area contributed by atoms with Gasteiger partial charge in [-0.2, -0.15) is 0 Å². The molecule has 116 valence electrons. The van der Waals surface area contributed by atoms with E-state index in [-0.39, 0.29) is 12.3 Å². The summed E-state index contributed by atoms with van der Waals surface area (Å²) in [5, 5.41) is 11.6. The van der Waals surface area contributed by atoms with Crippen LogP contribution in [-0.4, -0.2) is 23.5 Å². The molecule has 0 aliphatic heterocycles. The Bertz CT molecular complexity index is 506. The molecule has 0 aliphatic rings. The molecule has 1 unspecified atom stereocenters. The Morgan fingerprint density at radius 1 is 1.29 bits per heavy atom. The number of benzene rings is 1. The highest BCUT2D eigenvalue weighted by atomic mass is 79.9. The second kappa shape index (κ2) is 9.20. The van der Waals surface area contributed by atoms with Crippen molar-refractivity contribution >= 4 is 43.7 Å². The molecule has 0 spiro atoms. The minimum Gasteiger partial charge on any atom is -0.481 e. The molecule has 0 radical (unpaired) electrons. The van der Waals surface area contributed by atoms with Gasteiger partial charge in [0.25, 0.3) is 5.91 Å². The largest absolute Gasteiger partial charge is 0.481 e. The number of nitrogens with one attached hydrogen (secondary N) is 1. The summed E-state index contributed by atoms with van der Waals surface area (Å²) in [6, 6.07) is 5.45. The highest BCUT2D eigenvalue weighted by Crippen LogP contribution is 2.21. The molecular formula is C15H19Br2NO3. The van der Waals surface area contributed by atoms with Crippen LogP contribution < -0.4 is 5.32 Å². The van der Waals surface area contributed by atoms with Gasteiger partial charge in [0.1, 0.15) is 0 Å². The van der Waals surface area contributed by atoms with Gasteiger partial charge in [0.05, 0.1) is 5.56 Å². The summed E-state index contributed by atoms with van der Waals surface area (Å²) in [6.45, 7) is 2.59. The van der Waals surface area contributed by atoms with Crippen LogP contribution in [0.25, 0.3) is 0 Å². The van der Waals surface area contributed by atoms with Gasteiger partial charge in [0.15, 0.2) is 0 Å². The predicted molar refractivity (Wildman–Crippen MR) is 89.4 cm³/mol. The van der Waals surface area contributed by atoms with Gasteiger partial charge in [-0.1, -0.05) is 29.3 Å². The van der Waals surface area contributed by atoms with Crippen LogP contribution >= 0.6 is 31.9 Å². The fourth-order valence-electron chi connectivity index (χ4n) is 2.04. The average molecular weight is 421 g/mol. The number of hydrogen-bond acceptors (Lipinski definition) is 2. The third-order valence-electron chi connectivity index (χ3n) is 3.35. The second-order valence-corrected chi connectivity index (χ2v) is 6.65. The molecular weight excluding hydrogens is 402 g/mol. The van der Waals surface area contributed by atoms with Crippen molar-refractivity contribution < 1.29 is 14.7 Å². The van der Waals surface area contributed by atoms with E-state index in [0.29, 0.717) is 24.4 Å². The summed E-state index contributed by atoms with van der Waals surface area (Å²) in [5.41, 5.74) is 0.586. The first-order chi connectivity index (χ1) is 9.93. The Hall–Kier alpha value is -0.880. The summed E-state index contributed by atoms with van der Waals surface area (Å²) in [6.07, 6.45) is 2.55. The molecule has 1 rings (SSSR count). The molecule has 6 heteroatoms. The number of aliphatic carboxylic acids is 1. The van der Waals surface area contributed by atoms with Crippen molar-refractivity contribution in [3.8, 4) is 0 Å². The second-order valence-electron chi connectivity index (χ2n) is 4.88. The summed E-state index contributed by atoms with van der Waals surface area (Å²) < 4.78 is 1.60. The van der Waals surface area contributed by atoms with Crippen LogP contribution in [-0.2, 0) is 4.79 Å². The van der Waals surface area contributed by atoms with Crippen LogP contribution in [0.2, 0.25) is 0 Å². The molecule has 21 heavy (non-hydrogen) atoms. The molecule has 0 aliphatic carbocycles. The van der Waals surface area contributed by atoms with E-state index < -0.39 is 5.97 Å². The normalized spacial score (nSPS) is 12.0. The number of rotatable bonds is 8. The minimum absolute atomic E-state index is 0.128. The quantitative estimate of drug-likeness (QED) is 0.661. The van der Waals surface area contributed by atoms with Crippen molar-refractivity contribution in [1.82, 2.24) is 5.32 Å². The minimum atomic E-state index is -0.768. The van der Waals surface area contributed by atoms with Crippen LogP contribution in [0.15, 0.2) is 27.1 Å². The lowest BCUT2D eigenvalue weighted by Crippen LogP contribution is -2.26. The summed E-state index contributed by atoms with van der Waals surface area (Å²) in [7, 11) is 0. The fourth-order valence-corrected chi connectivity index (χ4v) is 2.82. The zero-order chi connectivity index (χ0) is 15.8. The number of hydrogen-bond donors (Lipinski definition) is 2. The van der Waals surface area contributed by atoms with Gasteiger partial charge in [-0.05, 0) is 52.9 Å². The van der Waals surface area contributed by atoms with E-state index in [1.54, 1.807) is 6.07 Å². The van der Waals surface area contributed by atoms with Crippen molar-refractivity contribution in [3.05, 3.63) is 32.7 Å². The first-order valence-electron chi connectivity index (χ1n) is 6.89. The van der Waals surface area contributed by atoms with Crippen molar-refractivity contribution in [2.75, 3.05) is 6.54 Å². The van der Waals surface area contributed by atoms with E-state index in [1.165, 1.54) is 0 Å². The lowest BCUT2D eigenvalue weighted by molar-refractivity contribution is -0.137. The maximum Gasteiger partial charge on any atom is 0.303 e. The van der Waals surface area contributed by atoms with E-state index in [2.05, 4.69) is 37.2 Å². The Morgan fingerprint density at radius 3 is 2.62 bits per heavy atom. The Morgan fingerprint density at radius 2 is 2.00 bits per heavy atom. The van der Waals surface area contributed by atoms with Crippen LogP contribution in [0.4, 0.5) is 0 Å². The number of carboxylic acids is 1. The number of carbonyl (C=O) groups excluding carboxylic acids is 1. The molecule has 0 bridgehead atoms. The van der Waals surface area contributed by atoms with E-state index in [1.807, 2.05) is 19.1 Å². The highest BCUT2D eigenvalue weighted by molar-refractivity contribution is 9.11. The van der Waals surface area contributed by atoms with Crippen LogP contribution in [0.1, 0.15) is 43.0 Å². The van der Waals surface area contributed by atoms with Gasteiger partial charge in [-0.25, -0.2) is 0 Å². The Kier molecular flexibility index (Phi) is 7.96. The third-order valence-corrected chi connectivity index (χ3v) is 4.54. The van der Waals surface area contributed by atoms with E-state index in [9.17, 15) is 9.59 Å². The summed E-state index contributed by atoms with van der Waals surface area (Å²) in [5.74, 6) is -0.570. The maximum absolute atomic E-state index is 12.1. The average Bonchev–Trinajstić information content (AvgIpc) is 2.44. The van der Waals surface area contributed by atoms with Gasteiger partial charge < -0.3 is 10.4 Å².